The maximum atomic E-state index is 14.7. The first-order valence-corrected chi connectivity index (χ1v) is 18.9. The molecule has 6 atom stereocenters. The molecule has 1 saturated heterocycles. The van der Waals surface area contributed by atoms with Gasteiger partial charge in [-0.15, -0.1) is 0 Å². The van der Waals surface area contributed by atoms with Gasteiger partial charge in [0, 0.05) is 46.8 Å². The van der Waals surface area contributed by atoms with E-state index in [0.29, 0.717) is 46.0 Å². The Kier molecular flexibility index (Phi) is 13.7. The Bertz CT molecular complexity index is 2020. The summed E-state index contributed by atoms with van der Waals surface area (Å²) in [5.41, 5.74) is 1.91. The van der Waals surface area contributed by atoms with Crippen molar-refractivity contribution < 1.29 is 47.8 Å². The minimum atomic E-state index is -1.41. The van der Waals surface area contributed by atoms with Crippen LogP contribution in [0.4, 0.5) is 0 Å². The van der Waals surface area contributed by atoms with Gasteiger partial charge < -0.3 is 49.7 Å². The number of methoxy groups -OCH3 is 2. The van der Waals surface area contributed by atoms with Gasteiger partial charge in [0.1, 0.15) is 54.0 Å². The van der Waals surface area contributed by atoms with Crippen molar-refractivity contribution in [2.45, 2.75) is 75.8 Å². The van der Waals surface area contributed by atoms with Crippen LogP contribution in [0.15, 0.2) is 66.7 Å². The number of fused-ring (bicyclic) bond motifs is 2. The smallest absolute Gasteiger partial charge is 0.246 e. The molecule has 58 heavy (non-hydrogen) atoms. The predicted molar refractivity (Wildman–Crippen MR) is 211 cm³/mol. The molecule has 3 aromatic rings. The lowest BCUT2D eigenvalue weighted by Gasteiger charge is -2.37. The number of amides is 6. The molecule has 3 aliphatic rings. The highest BCUT2D eigenvalue weighted by molar-refractivity contribution is 5.98. The summed E-state index contributed by atoms with van der Waals surface area (Å²) in [6.45, 7) is 2.88. The number of hydrogen-bond donors (Lipinski definition) is 3. The number of nitrogens with zero attached hydrogens (tertiary/aromatic N) is 3. The molecule has 3 heterocycles. The van der Waals surface area contributed by atoms with Gasteiger partial charge in [0.2, 0.25) is 35.4 Å². The second-order valence-electron chi connectivity index (χ2n) is 14.5. The summed E-state index contributed by atoms with van der Waals surface area (Å²) < 4.78 is 17.0. The summed E-state index contributed by atoms with van der Waals surface area (Å²) in [6, 6.07) is 11.5. The topological polar surface area (TPSA) is 193 Å². The lowest BCUT2D eigenvalue weighted by molar-refractivity contribution is -0.149. The number of nitrogens with one attached hydrogen (secondary N) is 3. The van der Waals surface area contributed by atoms with Crippen LogP contribution >= 0.6 is 0 Å². The van der Waals surface area contributed by atoms with Crippen LogP contribution in [0.25, 0.3) is 0 Å². The van der Waals surface area contributed by atoms with Gasteiger partial charge in [-0.25, -0.2) is 0 Å². The molecule has 6 bridgehead atoms. The van der Waals surface area contributed by atoms with Crippen LogP contribution in [0.3, 0.4) is 0 Å². The highest BCUT2D eigenvalue weighted by atomic mass is 16.5. The largest absolute Gasteiger partial charge is 0.497 e. The standard InChI is InChI=1S/C42H50N6O10/c1-24-37(50)45-31(18-19-49)41(54)46(3)32(20-26-8-13-29(56-6)14-9-26)39(52)44-25(2)40(53)48(5)34-21-27-10-15-30(16-11-27)58-36-23-28(12-17-35(36)57-7)22-33(38(51)43-24)47(4)42(34)55/h8-17,19,23-25,31-34H,18,20-22H2,1-7H3,(H,43,51)(H,44,52)(H,45,50)/t24-,25+,31+,32+,33+,34+/m1/s1. The van der Waals surface area contributed by atoms with E-state index in [1.807, 2.05) is 0 Å². The third kappa shape index (κ3) is 9.73. The van der Waals surface area contributed by atoms with E-state index in [9.17, 15) is 33.6 Å². The van der Waals surface area contributed by atoms with Crippen molar-refractivity contribution in [3.8, 4) is 23.0 Å². The lowest BCUT2D eigenvalue weighted by atomic mass is 9.98. The molecule has 3 N–H and O–H groups in total. The fourth-order valence-corrected chi connectivity index (χ4v) is 6.99. The first kappa shape index (κ1) is 42.7. The summed E-state index contributed by atoms with van der Waals surface area (Å²) in [5, 5.41) is 7.97. The molecule has 0 saturated carbocycles. The van der Waals surface area contributed by atoms with Crippen molar-refractivity contribution in [3.63, 3.8) is 0 Å². The van der Waals surface area contributed by atoms with E-state index in [4.69, 9.17) is 14.2 Å². The number of hydrogen-bond acceptors (Lipinski definition) is 10. The zero-order valence-corrected chi connectivity index (χ0v) is 33.6. The van der Waals surface area contributed by atoms with Crippen molar-refractivity contribution in [3.05, 3.63) is 83.4 Å². The molecule has 6 amide bonds. The molecule has 16 nitrogen and oxygen atoms in total. The number of likely N-dealkylation sites (N-methyl/N-ethyl adjacent to an activating group) is 3. The predicted octanol–water partition coefficient (Wildman–Crippen LogP) is 1.42. The average molecular weight is 799 g/mol. The third-order valence-corrected chi connectivity index (χ3v) is 10.6. The number of benzene rings is 3. The minimum absolute atomic E-state index is 0.00821. The van der Waals surface area contributed by atoms with Crippen molar-refractivity contribution in [2.24, 2.45) is 0 Å². The molecule has 6 rings (SSSR count). The zero-order valence-electron chi connectivity index (χ0n) is 33.6. The van der Waals surface area contributed by atoms with Crippen LogP contribution in [-0.4, -0.2) is 128 Å². The molecule has 0 unspecified atom stereocenters. The Morgan fingerprint density at radius 2 is 1.29 bits per heavy atom. The van der Waals surface area contributed by atoms with Gasteiger partial charge in [-0.1, -0.05) is 30.3 Å². The van der Waals surface area contributed by atoms with Gasteiger partial charge >= 0.3 is 0 Å². The molecule has 0 aliphatic carbocycles. The van der Waals surface area contributed by atoms with E-state index in [1.165, 1.54) is 59.0 Å². The summed E-state index contributed by atoms with van der Waals surface area (Å²) in [6.07, 6.45) is 0.0189. The van der Waals surface area contributed by atoms with E-state index in [-0.39, 0.29) is 19.3 Å². The van der Waals surface area contributed by atoms with Crippen LogP contribution in [-0.2, 0) is 52.8 Å². The van der Waals surface area contributed by atoms with Gasteiger partial charge in [-0.05, 0) is 66.9 Å². The summed E-state index contributed by atoms with van der Waals surface area (Å²) in [7, 11) is 7.27. The number of carbonyl (C=O) groups excluding carboxylic acids is 7. The molecular weight excluding hydrogens is 748 g/mol. The molecule has 0 aromatic heterocycles. The SMILES string of the molecule is COc1ccc(C[C@H]2C(=O)N[C@@H](C)C(=O)N(C)[C@H]3Cc4ccc(cc4)Oc4cc(ccc4OC)C[C@@H](C(=O)N[C@H](C)C(=O)N[C@@H](CC=O)C(=O)N2C)N(C)C3=O)cc1. The normalized spacial score (nSPS) is 23.8. The number of rotatable bonds is 6. The van der Waals surface area contributed by atoms with Gasteiger partial charge in [0.05, 0.1) is 14.2 Å². The van der Waals surface area contributed by atoms with Gasteiger partial charge in [0.15, 0.2) is 11.5 Å². The van der Waals surface area contributed by atoms with Crippen LogP contribution < -0.4 is 30.2 Å². The molecule has 3 aliphatic heterocycles. The van der Waals surface area contributed by atoms with Crippen LogP contribution in [0, 0.1) is 0 Å². The maximum Gasteiger partial charge on any atom is 0.246 e. The second-order valence-corrected chi connectivity index (χ2v) is 14.5. The number of aldehydes is 1. The number of carbonyl (C=O) groups is 7. The Balaban J connectivity index is 1.60. The minimum Gasteiger partial charge on any atom is -0.497 e. The molecule has 308 valence electrons. The Hall–Kier alpha value is -6.45. The van der Waals surface area contributed by atoms with E-state index >= 15 is 0 Å². The first-order valence-electron chi connectivity index (χ1n) is 18.9. The molecule has 3 aromatic carbocycles. The van der Waals surface area contributed by atoms with Crippen LogP contribution in [0.1, 0.15) is 37.0 Å². The average Bonchev–Trinajstić information content (AvgIpc) is 3.22. The van der Waals surface area contributed by atoms with E-state index in [1.54, 1.807) is 66.7 Å². The van der Waals surface area contributed by atoms with Crippen LogP contribution in [0.5, 0.6) is 23.0 Å². The lowest BCUT2D eigenvalue weighted by Crippen LogP contribution is -2.62. The molecule has 0 radical (unpaired) electrons. The Labute approximate surface area is 337 Å². The van der Waals surface area contributed by atoms with Gasteiger partial charge in [0.25, 0.3) is 0 Å². The van der Waals surface area contributed by atoms with Gasteiger partial charge in [-0.3, -0.25) is 28.8 Å². The van der Waals surface area contributed by atoms with E-state index in [2.05, 4.69) is 16.0 Å². The maximum absolute atomic E-state index is 14.7. The Morgan fingerprint density at radius 1 is 0.672 bits per heavy atom. The van der Waals surface area contributed by atoms with Crippen molar-refractivity contribution in [1.82, 2.24) is 30.7 Å². The second kappa shape index (κ2) is 18.7. The third-order valence-electron chi connectivity index (χ3n) is 10.6. The summed E-state index contributed by atoms with van der Waals surface area (Å²) in [5.74, 6) is -2.26. The molecule has 16 heteroatoms. The summed E-state index contributed by atoms with van der Waals surface area (Å²) >= 11 is 0. The zero-order chi connectivity index (χ0) is 42.3. The van der Waals surface area contributed by atoms with E-state index in [0.717, 1.165) is 4.90 Å². The Morgan fingerprint density at radius 3 is 1.93 bits per heavy atom. The molecule has 0 spiro atoms. The highest BCUT2D eigenvalue weighted by Crippen LogP contribution is 2.34. The molecular formula is C42H50N6O10. The number of ether oxygens (including phenoxy) is 3. The fourth-order valence-electron chi connectivity index (χ4n) is 6.99. The molecule has 1 fully saturated rings. The first-order chi connectivity index (χ1) is 27.6. The van der Waals surface area contributed by atoms with Gasteiger partial charge in [-0.2, -0.15) is 0 Å². The van der Waals surface area contributed by atoms with Crippen molar-refractivity contribution in [2.75, 3.05) is 35.4 Å². The summed E-state index contributed by atoms with van der Waals surface area (Å²) in [4.78, 5) is 100. The quantitative estimate of drug-likeness (QED) is 0.308. The van der Waals surface area contributed by atoms with Crippen molar-refractivity contribution >= 4 is 41.7 Å². The monoisotopic (exact) mass is 798 g/mol. The fraction of sp³-hybridized carbons (Fsp3) is 0.405. The van der Waals surface area contributed by atoms with E-state index < -0.39 is 78.1 Å². The van der Waals surface area contributed by atoms with Crippen molar-refractivity contribution in [1.29, 1.82) is 0 Å². The highest BCUT2D eigenvalue weighted by Gasteiger charge is 2.39. The van der Waals surface area contributed by atoms with Crippen LogP contribution in [0.2, 0.25) is 0 Å².